The minimum atomic E-state index is -0.260. The molecule has 0 spiro atoms. The topological polar surface area (TPSA) is 58.4 Å². The van der Waals surface area contributed by atoms with Gasteiger partial charge in [0.15, 0.2) is 0 Å². The minimum absolute atomic E-state index is 0.260. The number of piperidine rings is 1. The van der Waals surface area contributed by atoms with Crippen molar-refractivity contribution in [2.24, 2.45) is 0 Å². The summed E-state index contributed by atoms with van der Waals surface area (Å²) in [5.41, 5.74) is 2.73. The smallest absolute Gasteiger partial charge is 0.274 e. The molecule has 0 saturated carbocycles. The Bertz CT molecular complexity index is 963. The van der Waals surface area contributed by atoms with Crippen molar-refractivity contribution in [3.05, 3.63) is 64.0 Å². The van der Waals surface area contributed by atoms with Crippen LogP contribution in [0.15, 0.2) is 42.7 Å². The zero-order valence-electron chi connectivity index (χ0n) is 14.0. The van der Waals surface area contributed by atoms with Crippen molar-refractivity contribution >= 4 is 40.4 Å². The van der Waals surface area contributed by atoms with Gasteiger partial charge in [-0.1, -0.05) is 35.3 Å². The quantitative estimate of drug-likeness (QED) is 0.700. The molecule has 0 atom stereocenters. The molecule has 26 heavy (non-hydrogen) atoms. The number of carbonyl (C=O) groups is 1. The van der Waals surface area contributed by atoms with Gasteiger partial charge in [-0.2, -0.15) is 0 Å². The van der Waals surface area contributed by atoms with Crippen molar-refractivity contribution < 1.29 is 4.79 Å². The standard InChI is InChI=1S/C19H18Cl2N4O/c20-14-3-1-2-4-16(14)24-19(26)17-10-23-18-9-15(21)13(11-25(17)18)12-5-7-22-8-6-12/h1-4,9-12,22H,5-8H2,(H,24,26). The highest BCUT2D eigenvalue weighted by Crippen LogP contribution is 2.32. The molecule has 1 aliphatic heterocycles. The summed E-state index contributed by atoms with van der Waals surface area (Å²) >= 11 is 12.6. The maximum atomic E-state index is 12.7. The van der Waals surface area contributed by atoms with Crippen LogP contribution in [0.25, 0.3) is 5.65 Å². The lowest BCUT2D eigenvalue weighted by molar-refractivity contribution is 0.102. The summed E-state index contributed by atoms with van der Waals surface area (Å²) in [6.07, 6.45) is 5.56. The van der Waals surface area contributed by atoms with E-state index in [4.69, 9.17) is 23.2 Å². The van der Waals surface area contributed by atoms with E-state index in [2.05, 4.69) is 15.6 Å². The summed E-state index contributed by atoms with van der Waals surface area (Å²) in [7, 11) is 0. The summed E-state index contributed by atoms with van der Waals surface area (Å²) in [4.78, 5) is 17.1. The van der Waals surface area contributed by atoms with Gasteiger partial charge in [-0.15, -0.1) is 0 Å². The largest absolute Gasteiger partial charge is 0.319 e. The Morgan fingerprint density at radius 2 is 1.96 bits per heavy atom. The second-order valence-electron chi connectivity index (χ2n) is 6.41. The molecule has 2 aromatic heterocycles. The van der Waals surface area contributed by atoms with Crippen molar-refractivity contribution in [3.8, 4) is 0 Å². The van der Waals surface area contributed by atoms with E-state index in [1.807, 2.05) is 24.4 Å². The Hall–Kier alpha value is -2.08. The number of aromatic nitrogens is 2. The lowest BCUT2D eigenvalue weighted by atomic mass is 9.91. The first kappa shape index (κ1) is 17.3. The van der Waals surface area contributed by atoms with Crippen LogP contribution < -0.4 is 10.6 Å². The van der Waals surface area contributed by atoms with Crippen molar-refractivity contribution in [1.82, 2.24) is 14.7 Å². The highest BCUT2D eigenvalue weighted by Gasteiger charge is 2.21. The van der Waals surface area contributed by atoms with E-state index in [-0.39, 0.29) is 5.91 Å². The zero-order valence-corrected chi connectivity index (χ0v) is 15.5. The third-order valence-corrected chi connectivity index (χ3v) is 5.42. The Kier molecular flexibility index (Phi) is 4.85. The highest BCUT2D eigenvalue weighted by atomic mass is 35.5. The number of nitrogens with zero attached hydrogens (tertiary/aromatic N) is 2. The van der Waals surface area contributed by atoms with Crippen molar-refractivity contribution in [2.45, 2.75) is 18.8 Å². The predicted molar refractivity (Wildman–Crippen MR) is 104 cm³/mol. The van der Waals surface area contributed by atoms with Crippen LogP contribution in [-0.2, 0) is 0 Å². The molecule has 3 heterocycles. The molecule has 1 aliphatic rings. The van der Waals surface area contributed by atoms with Crippen LogP contribution in [0.5, 0.6) is 0 Å². The molecule has 0 unspecified atom stereocenters. The predicted octanol–water partition coefficient (Wildman–Crippen LogP) is 4.36. The van der Waals surface area contributed by atoms with Gasteiger partial charge in [0.25, 0.3) is 5.91 Å². The second kappa shape index (κ2) is 7.27. The van der Waals surface area contributed by atoms with Crippen LogP contribution in [0.4, 0.5) is 5.69 Å². The van der Waals surface area contributed by atoms with Crippen LogP contribution in [0.3, 0.4) is 0 Å². The van der Waals surface area contributed by atoms with Gasteiger partial charge < -0.3 is 10.6 Å². The molecule has 1 fully saturated rings. The fourth-order valence-electron chi connectivity index (χ4n) is 3.37. The molecular weight excluding hydrogens is 371 g/mol. The fourth-order valence-corrected chi connectivity index (χ4v) is 3.85. The minimum Gasteiger partial charge on any atom is -0.319 e. The van der Waals surface area contributed by atoms with Gasteiger partial charge in [0.2, 0.25) is 0 Å². The van der Waals surface area contributed by atoms with E-state index in [0.29, 0.717) is 33.0 Å². The van der Waals surface area contributed by atoms with Crippen LogP contribution in [0.1, 0.15) is 34.8 Å². The summed E-state index contributed by atoms with van der Waals surface area (Å²) in [6.45, 7) is 1.95. The number of anilines is 1. The van der Waals surface area contributed by atoms with Gasteiger partial charge in [0.05, 0.1) is 16.9 Å². The molecule has 4 rings (SSSR count). The molecule has 1 amide bonds. The number of para-hydroxylation sites is 1. The zero-order chi connectivity index (χ0) is 18.1. The lowest BCUT2D eigenvalue weighted by Gasteiger charge is -2.24. The van der Waals surface area contributed by atoms with E-state index in [0.717, 1.165) is 31.5 Å². The lowest BCUT2D eigenvalue weighted by Crippen LogP contribution is -2.27. The van der Waals surface area contributed by atoms with E-state index in [1.165, 1.54) is 0 Å². The molecule has 3 aromatic rings. The Labute approximate surface area is 161 Å². The molecule has 2 N–H and O–H groups in total. The van der Waals surface area contributed by atoms with Crippen molar-refractivity contribution in [3.63, 3.8) is 0 Å². The molecule has 0 aliphatic carbocycles. The number of fused-ring (bicyclic) bond motifs is 1. The molecule has 5 nitrogen and oxygen atoms in total. The molecule has 1 saturated heterocycles. The van der Waals surface area contributed by atoms with Crippen LogP contribution in [0, 0.1) is 0 Å². The third kappa shape index (κ3) is 3.30. The number of halogens is 2. The number of nitrogens with one attached hydrogen (secondary N) is 2. The normalized spacial score (nSPS) is 15.3. The first-order chi connectivity index (χ1) is 12.6. The Morgan fingerprint density at radius 3 is 2.73 bits per heavy atom. The first-order valence-electron chi connectivity index (χ1n) is 8.56. The third-order valence-electron chi connectivity index (χ3n) is 4.76. The van der Waals surface area contributed by atoms with Gasteiger partial charge in [-0.3, -0.25) is 9.20 Å². The number of carbonyl (C=O) groups excluding carboxylic acids is 1. The molecule has 0 bridgehead atoms. The molecular formula is C19H18Cl2N4O. The number of hydrogen-bond donors (Lipinski definition) is 2. The van der Waals surface area contributed by atoms with Gasteiger partial charge >= 0.3 is 0 Å². The maximum Gasteiger partial charge on any atom is 0.274 e. The number of pyridine rings is 1. The fraction of sp³-hybridized carbons (Fsp3) is 0.263. The summed E-state index contributed by atoms with van der Waals surface area (Å²) in [6, 6.07) is 8.97. The average Bonchev–Trinajstić information content (AvgIpc) is 3.06. The summed E-state index contributed by atoms with van der Waals surface area (Å²) in [5.74, 6) is 0.124. The van der Waals surface area contributed by atoms with Gasteiger partial charge in [0.1, 0.15) is 11.3 Å². The van der Waals surface area contributed by atoms with Gasteiger partial charge in [0, 0.05) is 17.3 Å². The number of imidazole rings is 1. The average molecular weight is 389 g/mol. The maximum absolute atomic E-state index is 12.7. The van der Waals surface area contributed by atoms with E-state index in [9.17, 15) is 4.79 Å². The number of benzene rings is 1. The molecule has 0 radical (unpaired) electrons. The van der Waals surface area contributed by atoms with Crippen molar-refractivity contribution in [1.29, 1.82) is 0 Å². The first-order valence-corrected chi connectivity index (χ1v) is 9.32. The van der Waals surface area contributed by atoms with Crippen LogP contribution in [0.2, 0.25) is 10.0 Å². The highest BCUT2D eigenvalue weighted by molar-refractivity contribution is 6.34. The molecule has 1 aromatic carbocycles. The Balaban J connectivity index is 1.69. The van der Waals surface area contributed by atoms with Gasteiger partial charge in [-0.05, 0) is 49.5 Å². The summed E-state index contributed by atoms with van der Waals surface area (Å²) < 4.78 is 1.80. The SMILES string of the molecule is O=C(Nc1ccccc1Cl)c1cnc2cc(Cl)c(C3CCNCC3)cn12. The number of amides is 1. The van der Waals surface area contributed by atoms with E-state index >= 15 is 0 Å². The monoisotopic (exact) mass is 388 g/mol. The summed E-state index contributed by atoms with van der Waals surface area (Å²) in [5, 5.41) is 7.40. The molecule has 7 heteroatoms. The van der Waals surface area contributed by atoms with Gasteiger partial charge in [-0.25, -0.2) is 4.98 Å². The number of rotatable bonds is 3. The number of hydrogen-bond acceptors (Lipinski definition) is 3. The molecule has 134 valence electrons. The Morgan fingerprint density at radius 1 is 1.19 bits per heavy atom. The van der Waals surface area contributed by atoms with E-state index in [1.54, 1.807) is 22.7 Å². The van der Waals surface area contributed by atoms with Crippen molar-refractivity contribution in [2.75, 3.05) is 18.4 Å². The van der Waals surface area contributed by atoms with Crippen LogP contribution >= 0.6 is 23.2 Å². The van der Waals surface area contributed by atoms with Crippen LogP contribution in [-0.4, -0.2) is 28.4 Å². The second-order valence-corrected chi connectivity index (χ2v) is 7.22. The van der Waals surface area contributed by atoms with E-state index < -0.39 is 0 Å².